The van der Waals surface area contributed by atoms with E-state index in [9.17, 15) is 0 Å². The van der Waals surface area contributed by atoms with Crippen LogP contribution in [-0.4, -0.2) is 6.38 Å². The van der Waals surface area contributed by atoms with Crippen molar-refractivity contribution in [2.24, 2.45) is 0 Å². The molecule has 4 N–H and O–H groups in total. The number of rotatable bonds is 1. The largest absolute Gasteiger partial charge is 0.258 e. The van der Waals surface area contributed by atoms with Crippen molar-refractivity contribution in [1.29, 1.82) is 0 Å². The van der Waals surface area contributed by atoms with Crippen molar-refractivity contribution < 1.29 is 5.84 Å². The maximum atomic E-state index is 5.62. The van der Waals surface area contributed by atoms with E-state index >= 15 is 0 Å². The molecule has 62 valence electrons. The van der Waals surface area contributed by atoms with Crippen LogP contribution in [-0.2, 0) is 0 Å². The average molecular weight is 194 g/mol. The molecule has 11 heavy (non-hydrogen) atoms. The van der Waals surface area contributed by atoms with E-state index in [1.165, 1.54) is 6.38 Å². The molecule has 0 aromatic heterocycles. The minimum Gasteiger partial charge on any atom is -0.258 e. The van der Waals surface area contributed by atoms with Crippen LogP contribution < -0.4 is 11.3 Å². The average Bonchev–Trinajstić information content (AvgIpc) is 2.10. The molecule has 0 saturated carbocycles. The second-order valence-corrected chi connectivity index (χ2v) is 2.12. The van der Waals surface area contributed by atoms with Crippen molar-refractivity contribution in [3.05, 3.63) is 29.3 Å². The fourth-order valence-corrected chi connectivity index (χ4v) is 0.694. The Morgan fingerprint density at radius 2 is 1.64 bits per heavy atom. The smallest absolute Gasteiger partial charge is 0.0848 e. The molecule has 0 atom stereocenters. The number of halogens is 2. The van der Waals surface area contributed by atoms with Gasteiger partial charge in [-0.25, -0.2) is 5.43 Å². The van der Waals surface area contributed by atoms with Crippen molar-refractivity contribution in [2.45, 2.75) is 0 Å². The third-order valence-corrected chi connectivity index (χ3v) is 1.30. The first-order valence-electron chi connectivity index (χ1n) is 2.99. The molecule has 1 aromatic rings. The first-order chi connectivity index (χ1) is 5.33. The molecule has 0 aliphatic rings. The first kappa shape index (κ1) is 10.6. The normalized spacial score (nSPS) is 8.00. The Balaban J connectivity index is 0.000000461. The highest BCUT2D eigenvalue weighted by molar-refractivity contribution is 6.30. The fraction of sp³-hybridized carbons (Fsp3) is 0.143. The van der Waals surface area contributed by atoms with Gasteiger partial charge in [0.25, 0.3) is 0 Å². The van der Waals surface area contributed by atoms with Crippen LogP contribution in [0.5, 0.6) is 0 Å². The minimum absolute atomic E-state index is 0.744. The molecular formula is C7H11Cl2N2+. The minimum atomic E-state index is 0.744. The third-order valence-electron chi connectivity index (χ3n) is 1.05. The monoisotopic (exact) mass is 193 g/mol. The Labute approximate surface area is 76.3 Å². The quantitative estimate of drug-likeness (QED) is 0.519. The fourth-order valence-electron chi connectivity index (χ4n) is 0.568. The molecule has 4 heteroatoms. The van der Waals surface area contributed by atoms with Crippen LogP contribution in [0.3, 0.4) is 0 Å². The third kappa shape index (κ3) is 4.09. The number of anilines is 1. The predicted molar refractivity (Wildman–Crippen MR) is 49.7 cm³/mol. The lowest BCUT2D eigenvalue weighted by molar-refractivity contribution is -0.325. The maximum Gasteiger partial charge on any atom is 0.0848 e. The van der Waals surface area contributed by atoms with Crippen LogP contribution in [0, 0.1) is 0 Å². The van der Waals surface area contributed by atoms with E-state index in [1.54, 1.807) is 0 Å². The molecule has 0 bridgehead atoms. The number of nitrogens with one attached hydrogen (secondary N) is 1. The van der Waals surface area contributed by atoms with E-state index in [0.717, 1.165) is 10.7 Å². The van der Waals surface area contributed by atoms with Gasteiger partial charge in [-0.15, -0.1) is 11.6 Å². The zero-order chi connectivity index (χ0) is 8.69. The van der Waals surface area contributed by atoms with Crippen LogP contribution in [0.4, 0.5) is 5.69 Å². The molecule has 0 amide bonds. The second kappa shape index (κ2) is 6.28. The number of alkyl halides is 1. The van der Waals surface area contributed by atoms with Gasteiger partial charge < -0.3 is 0 Å². The van der Waals surface area contributed by atoms with Crippen LogP contribution in [0.2, 0.25) is 5.02 Å². The molecule has 0 heterocycles. The molecule has 1 rings (SSSR count). The summed E-state index contributed by atoms with van der Waals surface area (Å²) in [4.78, 5) is 0. The molecule has 0 radical (unpaired) electrons. The van der Waals surface area contributed by atoms with Crippen molar-refractivity contribution in [3.8, 4) is 0 Å². The van der Waals surface area contributed by atoms with Gasteiger partial charge >= 0.3 is 0 Å². The lowest BCUT2D eigenvalue weighted by atomic mass is 10.3. The zero-order valence-corrected chi connectivity index (χ0v) is 7.78. The first-order valence-corrected chi connectivity index (χ1v) is 4.13. The van der Waals surface area contributed by atoms with Gasteiger partial charge in [0.15, 0.2) is 0 Å². The van der Waals surface area contributed by atoms with Crippen molar-refractivity contribution >= 4 is 28.9 Å². The number of hydrogen-bond donors (Lipinski definition) is 2. The van der Waals surface area contributed by atoms with E-state index in [-0.39, 0.29) is 0 Å². The summed E-state index contributed by atoms with van der Waals surface area (Å²) in [6.07, 6.45) is 1.47. The topological polar surface area (TPSA) is 39.7 Å². The predicted octanol–water partition coefficient (Wildman–Crippen LogP) is 1.76. The summed E-state index contributed by atoms with van der Waals surface area (Å²) in [5.74, 6) is 3.49. The summed E-state index contributed by atoms with van der Waals surface area (Å²) in [5, 5.41) is 0.744. The SMILES string of the molecule is CCl.[NH3+]Nc1ccc(Cl)cc1. The molecule has 0 saturated heterocycles. The Morgan fingerprint density at radius 1 is 1.18 bits per heavy atom. The van der Waals surface area contributed by atoms with Crippen LogP contribution in [0.1, 0.15) is 0 Å². The van der Waals surface area contributed by atoms with E-state index in [0.29, 0.717) is 0 Å². The summed E-state index contributed by atoms with van der Waals surface area (Å²) >= 11 is 10.3. The van der Waals surface area contributed by atoms with Gasteiger partial charge in [0, 0.05) is 11.4 Å². The number of quaternary nitrogens is 1. The second-order valence-electron chi connectivity index (χ2n) is 1.68. The van der Waals surface area contributed by atoms with Crippen molar-refractivity contribution in [1.82, 2.24) is 0 Å². The molecule has 2 nitrogen and oxygen atoms in total. The molecule has 0 spiro atoms. The molecule has 0 fully saturated rings. The van der Waals surface area contributed by atoms with Crippen LogP contribution in [0.15, 0.2) is 24.3 Å². The van der Waals surface area contributed by atoms with Crippen molar-refractivity contribution in [2.75, 3.05) is 11.8 Å². The van der Waals surface area contributed by atoms with E-state index in [1.807, 2.05) is 24.3 Å². The standard InChI is InChI=1S/C6H7ClN2.CH3Cl/c7-5-1-3-6(9-8)4-2-5;1-2/h1-4,9H,8H2;1H3/p+1. The lowest BCUT2D eigenvalue weighted by Gasteiger charge is -1.93. The van der Waals surface area contributed by atoms with Gasteiger partial charge in [-0.1, -0.05) is 11.6 Å². The van der Waals surface area contributed by atoms with E-state index in [2.05, 4.69) is 22.9 Å². The summed E-state index contributed by atoms with van der Waals surface area (Å²) < 4.78 is 0. The van der Waals surface area contributed by atoms with Gasteiger partial charge in [0.2, 0.25) is 0 Å². The van der Waals surface area contributed by atoms with Crippen molar-refractivity contribution in [3.63, 3.8) is 0 Å². The Morgan fingerprint density at radius 3 is 2.00 bits per heavy atom. The highest BCUT2D eigenvalue weighted by Crippen LogP contribution is 2.11. The maximum absolute atomic E-state index is 5.62. The molecule has 1 aromatic carbocycles. The van der Waals surface area contributed by atoms with Crippen LogP contribution >= 0.6 is 23.2 Å². The highest BCUT2D eigenvalue weighted by Gasteiger charge is 1.87. The van der Waals surface area contributed by atoms with Gasteiger partial charge in [0.1, 0.15) is 0 Å². The zero-order valence-electron chi connectivity index (χ0n) is 6.27. The highest BCUT2D eigenvalue weighted by atomic mass is 35.5. The molecule has 0 unspecified atom stereocenters. The molecular weight excluding hydrogens is 183 g/mol. The Kier molecular flexibility index (Phi) is 6.03. The summed E-state index contributed by atoms with van der Waals surface area (Å²) in [5.41, 5.74) is 3.72. The molecule has 0 aliphatic carbocycles. The summed E-state index contributed by atoms with van der Waals surface area (Å²) in [6, 6.07) is 7.37. The van der Waals surface area contributed by atoms with E-state index < -0.39 is 0 Å². The van der Waals surface area contributed by atoms with Gasteiger partial charge in [-0.3, -0.25) is 5.84 Å². The Bertz CT molecular complexity index is 186. The van der Waals surface area contributed by atoms with Gasteiger partial charge in [-0.2, -0.15) is 0 Å². The summed E-state index contributed by atoms with van der Waals surface area (Å²) in [6.45, 7) is 0. The number of hydrogen-bond acceptors (Lipinski definition) is 1. The molecule has 0 aliphatic heterocycles. The van der Waals surface area contributed by atoms with Gasteiger partial charge in [0.05, 0.1) is 5.69 Å². The lowest BCUT2D eigenvalue weighted by Crippen LogP contribution is -2.56. The van der Waals surface area contributed by atoms with Crippen LogP contribution in [0.25, 0.3) is 0 Å². The number of benzene rings is 1. The Hall–Kier alpha value is -0.440. The van der Waals surface area contributed by atoms with E-state index in [4.69, 9.17) is 11.6 Å². The van der Waals surface area contributed by atoms with Gasteiger partial charge in [-0.05, 0) is 24.3 Å². The summed E-state index contributed by atoms with van der Waals surface area (Å²) in [7, 11) is 0.